The normalized spacial score (nSPS) is 10.1. The van der Waals surface area contributed by atoms with E-state index in [0.29, 0.717) is 17.1 Å². The number of carbonyl (C=O) groups excluding carboxylic acids is 1. The Kier molecular flexibility index (Phi) is 3.80. The van der Waals surface area contributed by atoms with Crippen LogP contribution in [0.25, 0.3) is 11.1 Å². The molecule has 1 aromatic carbocycles. The van der Waals surface area contributed by atoms with Gasteiger partial charge < -0.3 is 9.47 Å². The van der Waals surface area contributed by atoms with Crippen molar-refractivity contribution in [2.45, 2.75) is 6.92 Å². The molecule has 4 nitrogen and oxygen atoms in total. The standard InChI is InChI=1S/C15H15NO3/c1-10(17)14-7-11(4-5-15(14)19-3)12-6-13(18-2)9-16-8-12/h4-9H,1-3H3. The molecule has 0 aliphatic heterocycles. The Bertz CT molecular complexity index is 608. The quantitative estimate of drug-likeness (QED) is 0.790. The SMILES string of the molecule is COc1cncc(-c2ccc(OC)c(C(C)=O)c2)c1. The summed E-state index contributed by atoms with van der Waals surface area (Å²) in [5.74, 6) is 1.22. The molecule has 0 amide bonds. The van der Waals surface area contributed by atoms with Gasteiger partial charge >= 0.3 is 0 Å². The Morgan fingerprint density at radius 1 is 1.05 bits per heavy atom. The molecule has 0 N–H and O–H groups in total. The van der Waals surface area contributed by atoms with Gasteiger partial charge in [0.1, 0.15) is 11.5 Å². The van der Waals surface area contributed by atoms with Crippen LogP contribution in [0.5, 0.6) is 11.5 Å². The van der Waals surface area contributed by atoms with Crippen molar-refractivity contribution < 1.29 is 14.3 Å². The summed E-state index contributed by atoms with van der Waals surface area (Å²) in [4.78, 5) is 15.7. The third-order valence-electron chi connectivity index (χ3n) is 2.86. The first-order valence-electron chi connectivity index (χ1n) is 5.84. The van der Waals surface area contributed by atoms with Crippen LogP contribution in [0.15, 0.2) is 36.7 Å². The average molecular weight is 257 g/mol. The van der Waals surface area contributed by atoms with Gasteiger partial charge in [0.2, 0.25) is 0 Å². The van der Waals surface area contributed by atoms with Crippen molar-refractivity contribution in [1.29, 1.82) is 0 Å². The molecule has 0 aliphatic carbocycles. The highest BCUT2D eigenvalue weighted by molar-refractivity contribution is 5.98. The first kappa shape index (κ1) is 13.1. The zero-order valence-electron chi connectivity index (χ0n) is 11.1. The number of hydrogen-bond donors (Lipinski definition) is 0. The predicted octanol–water partition coefficient (Wildman–Crippen LogP) is 2.97. The lowest BCUT2D eigenvalue weighted by atomic mass is 10.0. The summed E-state index contributed by atoms with van der Waals surface area (Å²) in [5.41, 5.74) is 2.35. The van der Waals surface area contributed by atoms with E-state index >= 15 is 0 Å². The lowest BCUT2D eigenvalue weighted by molar-refractivity contribution is 0.101. The van der Waals surface area contributed by atoms with Crippen LogP contribution in [0.1, 0.15) is 17.3 Å². The lowest BCUT2D eigenvalue weighted by Crippen LogP contribution is -1.98. The van der Waals surface area contributed by atoms with Crippen LogP contribution in [0.4, 0.5) is 0 Å². The second-order valence-electron chi connectivity index (χ2n) is 4.08. The minimum absolute atomic E-state index is 0.0328. The molecule has 1 heterocycles. The monoisotopic (exact) mass is 257 g/mol. The number of nitrogens with zero attached hydrogens (tertiary/aromatic N) is 1. The predicted molar refractivity (Wildman–Crippen MR) is 72.8 cm³/mol. The van der Waals surface area contributed by atoms with E-state index in [0.717, 1.165) is 11.1 Å². The van der Waals surface area contributed by atoms with E-state index in [4.69, 9.17) is 9.47 Å². The number of carbonyl (C=O) groups is 1. The Labute approximate surface area is 112 Å². The van der Waals surface area contributed by atoms with Crippen LogP contribution < -0.4 is 9.47 Å². The Morgan fingerprint density at radius 3 is 2.47 bits per heavy atom. The van der Waals surface area contributed by atoms with Gasteiger partial charge in [-0.1, -0.05) is 6.07 Å². The summed E-state index contributed by atoms with van der Waals surface area (Å²) in [6.07, 6.45) is 3.37. The van der Waals surface area contributed by atoms with Crippen LogP contribution >= 0.6 is 0 Å². The van der Waals surface area contributed by atoms with E-state index in [1.165, 1.54) is 6.92 Å². The zero-order valence-corrected chi connectivity index (χ0v) is 11.1. The van der Waals surface area contributed by atoms with Crippen molar-refractivity contribution in [2.24, 2.45) is 0 Å². The number of hydrogen-bond acceptors (Lipinski definition) is 4. The maximum absolute atomic E-state index is 11.6. The Morgan fingerprint density at radius 2 is 1.84 bits per heavy atom. The summed E-state index contributed by atoms with van der Waals surface area (Å²) < 4.78 is 10.3. The average Bonchev–Trinajstić information content (AvgIpc) is 2.46. The van der Waals surface area contributed by atoms with Crippen molar-refractivity contribution in [3.8, 4) is 22.6 Å². The molecule has 0 atom stereocenters. The van der Waals surface area contributed by atoms with Crippen LogP contribution in [0.2, 0.25) is 0 Å². The van der Waals surface area contributed by atoms with Gasteiger partial charge in [0, 0.05) is 11.8 Å². The van der Waals surface area contributed by atoms with Crippen LogP contribution in [0.3, 0.4) is 0 Å². The number of aromatic nitrogens is 1. The molecule has 0 fully saturated rings. The summed E-state index contributed by atoms with van der Waals surface area (Å²) >= 11 is 0. The molecule has 4 heteroatoms. The fourth-order valence-electron chi connectivity index (χ4n) is 1.85. The van der Waals surface area contributed by atoms with E-state index in [1.54, 1.807) is 38.7 Å². The highest BCUT2D eigenvalue weighted by Gasteiger charge is 2.10. The van der Waals surface area contributed by atoms with Gasteiger partial charge in [-0.2, -0.15) is 0 Å². The van der Waals surface area contributed by atoms with Crippen molar-refractivity contribution >= 4 is 5.78 Å². The molecule has 0 saturated heterocycles. The Balaban J connectivity index is 2.50. The second-order valence-corrected chi connectivity index (χ2v) is 4.08. The van der Waals surface area contributed by atoms with Crippen molar-refractivity contribution in [3.05, 3.63) is 42.2 Å². The molecule has 2 rings (SSSR count). The minimum Gasteiger partial charge on any atom is -0.496 e. The van der Waals surface area contributed by atoms with Gasteiger partial charge in [0.05, 0.1) is 26.0 Å². The molecule has 0 saturated carbocycles. The summed E-state index contributed by atoms with van der Waals surface area (Å²) in [6, 6.07) is 7.35. The van der Waals surface area contributed by atoms with Gasteiger partial charge in [0.25, 0.3) is 0 Å². The summed E-state index contributed by atoms with van der Waals surface area (Å²) in [6.45, 7) is 1.52. The van der Waals surface area contributed by atoms with Crippen molar-refractivity contribution in [3.63, 3.8) is 0 Å². The molecule has 19 heavy (non-hydrogen) atoms. The van der Waals surface area contributed by atoms with E-state index in [2.05, 4.69) is 4.98 Å². The maximum Gasteiger partial charge on any atom is 0.163 e. The lowest BCUT2D eigenvalue weighted by Gasteiger charge is -2.09. The third kappa shape index (κ3) is 2.73. The smallest absolute Gasteiger partial charge is 0.163 e. The Hall–Kier alpha value is -2.36. The molecule has 0 aliphatic rings. The number of ether oxygens (including phenoxy) is 2. The molecule has 0 bridgehead atoms. The molecular weight excluding hydrogens is 242 g/mol. The molecule has 98 valence electrons. The van der Waals surface area contributed by atoms with E-state index in [-0.39, 0.29) is 5.78 Å². The van der Waals surface area contributed by atoms with E-state index in [9.17, 15) is 4.79 Å². The summed E-state index contributed by atoms with van der Waals surface area (Å²) in [5, 5.41) is 0. The molecule has 0 spiro atoms. The number of Topliss-reactive ketones (excluding diaryl/α,β-unsaturated/α-hetero) is 1. The van der Waals surface area contributed by atoms with Gasteiger partial charge in [-0.25, -0.2) is 0 Å². The highest BCUT2D eigenvalue weighted by Crippen LogP contribution is 2.28. The first-order valence-corrected chi connectivity index (χ1v) is 5.84. The van der Waals surface area contributed by atoms with Crippen LogP contribution in [-0.4, -0.2) is 25.0 Å². The van der Waals surface area contributed by atoms with Gasteiger partial charge in [-0.05, 0) is 30.7 Å². The van der Waals surface area contributed by atoms with Gasteiger partial charge in [-0.3, -0.25) is 9.78 Å². The third-order valence-corrected chi connectivity index (χ3v) is 2.86. The van der Waals surface area contributed by atoms with Crippen LogP contribution in [0, 0.1) is 0 Å². The number of pyridine rings is 1. The molecule has 0 unspecified atom stereocenters. The molecule has 2 aromatic rings. The molecular formula is C15H15NO3. The van der Waals surface area contributed by atoms with E-state index < -0.39 is 0 Å². The minimum atomic E-state index is -0.0328. The van der Waals surface area contributed by atoms with Crippen LogP contribution in [-0.2, 0) is 0 Å². The number of methoxy groups -OCH3 is 2. The van der Waals surface area contributed by atoms with E-state index in [1.807, 2.05) is 12.1 Å². The second kappa shape index (κ2) is 5.52. The first-order chi connectivity index (χ1) is 9.15. The van der Waals surface area contributed by atoms with Crippen molar-refractivity contribution in [1.82, 2.24) is 4.98 Å². The topological polar surface area (TPSA) is 48.4 Å². The maximum atomic E-state index is 11.6. The summed E-state index contributed by atoms with van der Waals surface area (Å²) in [7, 11) is 3.14. The fourth-order valence-corrected chi connectivity index (χ4v) is 1.85. The fraction of sp³-hybridized carbons (Fsp3) is 0.200. The van der Waals surface area contributed by atoms with Gasteiger partial charge in [-0.15, -0.1) is 0 Å². The van der Waals surface area contributed by atoms with Gasteiger partial charge in [0.15, 0.2) is 5.78 Å². The molecule has 1 aromatic heterocycles. The van der Waals surface area contributed by atoms with Crippen molar-refractivity contribution in [2.75, 3.05) is 14.2 Å². The number of benzene rings is 1. The zero-order chi connectivity index (χ0) is 13.8. The largest absolute Gasteiger partial charge is 0.496 e. The number of rotatable bonds is 4. The number of ketones is 1. The highest BCUT2D eigenvalue weighted by atomic mass is 16.5. The molecule has 0 radical (unpaired) electrons.